The Morgan fingerprint density at radius 2 is 2.00 bits per heavy atom. The summed E-state index contributed by atoms with van der Waals surface area (Å²) in [5.74, 6) is -0.258. The molecule has 164 valence electrons. The van der Waals surface area contributed by atoms with Gasteiger partial charge < -0.3 is 15.0 Å². The molecule has 0 radical (unpaired) electrons. The Morgan fingerprint density at radius 3 is 2.73 bits per heavy atom. The number of anilines is 1. The SMILES string of the molecule is CCc1cccc(C)c1NC(=O)COC(=O)[C@H]1CC(=O)N([C@H]2CCC[C@H](C)[C@@H]2C)C1. The number of amides is 2. The molecule has 30 heavy (non-hydrogen) atoms. The van der Waals surface area contributed by atoms with Crippen molar-refractivity contribution in [1.82, 2.24) is 4.90 Å². The van der Waals surface area contributed by atoms with Crippen molar-refractivity contribution in [2.24, 2.45) is 17.8 Å². The van der Waals surface area contributed by atoms with Gasteiger partial charge in [-0.1, -0.05) is 51.8 Å². The van der Waals surface area contributed by atoms with Crippen molar-refractivity contribution < 1.29 is 19.1 Å². The Labute approximate surface area is 179 Å². The third kappa shape index (κ3) is 4.85. The zero-order valence-corrected chi connectivity index (χ0v) is 18.6. The first-order chi connectivity index (χ1) is 14.3. The van der Waals surface area contributed by atoms with E-state index in [0.717, 1.165) is 36.1 Å². The Morgan fingerprint density at radius 1 is 1.23 bits per heavy atom. The highest BCUT2D eigenvalue weighted by atomic mass is 16.5. The Kier molecular flexibility index (Phi) is 7.16. The Bertz CT molecular complexity index is 806. The van der Waals surface area contributed by atoms with Gasteiger partial charge in [-0.3, -0.25) is 14.4 Å². The van der Waals surface area contributed by atoms with E-state index in [1.54, 1.807) is 0 Å². The number of likely N-dealkylation sites (tertiary alicyclic amines) is 1. The van der Waals surface area contributed by atoms with Gasteiger partial charge in [0.2, 0.25) is 5.91 Å². The van der Waals surface area contributed by atoms with Crippen LogP contribution in [-0.2, 0) is 25.5 Å². The molecule has 1 aromatic rings. The van der Waals surface area contributed by atoms with Crippen LogP contribution in [0.3, 0.4) is 0 Å². The number of esters is 1. The van der Waals surface area contributed by atoms with Gasteiger partial charge in [-0.15, -0.1) is 0 Å². The van der Waals surface area contributed by atoms with E-state index in [1.165, 1.54) is 6.42 Å². The van der Waals surface area contributed by atoms with Gasteiger partial charge in [0.25, 0.3) is 5.91 Å². The van der Waals surface area contributed by atoms with Crippen molar-refractivity contribution in [3.8, 4) is 0 Å². The van der Waals surface area contributed by atoms with E-state index in [-0.39, 0.29) is 30.9 Å². The summed E-state index contributed by atoms with van der Waals surface area (Å²) in [4.78, 5) is 39.3. The molecule has 0 bridgehead atoms. The van der Waals surface area contributed by atoms with Gasteiger partial charge in [0.05, 0.1) is 5.92 Å². The summed E-state index contributed by atoms with van der Waals surface area (Å²) < 4.78 is 5.28. The molecule has 0 aromatic heterocycles. The van der Waals surface area contributed by atoms with Gasteiger partial charge in [0, 0.05) is 24.7 Å². The zero-order valence-electron chi connectivity index (χ0n) is 18.6. The summed E-state index contributed by atoms with van der Waals surface area (Å²) in [5.41, 5.74) is 2.80. The van der Waals surface area contributed by atoms with Crippen LogP contribution in [0.2, 0.25) is 0 Å². The number of aryl methyl sites for hydroxylation is 2. The Hall–Kier alpha value is -2.37. The molecule has 2 fully saturated rings. The van der Waals surface area contributed by atoms with E-state index in [4.69, 9.17) is 4.74 Å². The van der Waals surface area contributed by atoms with Crippen LogP contribution in [-0.4, -0.2) is 41.9 Å². The van der Waals surface area contributed by atoms with Gasteiger partial charge in [0.1, 0.15) is 0 Å². The van der Waals surface area contributed by atoms with Crippen LogP contribution in [0.1, 0.15) is 57.6 Å². The van der Waals surface area contributed by atoms with Crippen LogP contribution >= 0.6 is 0 Å². The number of hydrogen-bond donors (Lipinski definition) is 1. The molecule has 6 nitrogen and oxygen atoms in total. The monoisotopic (exact) mass is 414 g/mol. The number of para-hydroxylation sites is 1. The van der Waals surface area contributed by atoms with Crippen molar-refractivity contribution in [2.75, 3.05) is 18.5 Å². The second-order valence-electron chi connectivity index (χ2n) is 8.90. The summed E-state index contributed by atoms with van der Waals surface area (Å²) in [6, 6.07) is 6.07. The lowest BCUT2D eigenvalue weighted by Crippen LogP contribution is -2.45. The van der Waals surface area contributed by atoms with Crippen LogP contribution in [0.4, 0.5) is 5.69 Å². The van der Waals surface area contributed by atoms with E-state index in [2.05, 4.69) is 19.2 Å². The van der Waals surface area contributed by atoms with Crippen molar-refractivity contribution in [3.63, 3.8) is 0 Å². The standard InChI is InChI=1S/C24H34N2O4/c1-5-18-10-6-9-16(3)23(18)25-21(27)14-30-24(29)19-12-22(28)26(13-19)20-11-7-8-15(2)17(20)4/h6,9-10,15,17,19-20H,5,7-8,11-14H2,1-4H3,(H,25,27)/t15-,17-,19-,20-/m0/s1. The Balaban J connectivity index is 1.53. The molecule has 2 aliphatic rings. The maximum atomic E-state index is 12.6. The number of nitrogens with zero attached hydrogens (tertiary/aromatic N) is 1. The van der Waals surface area contributed by atoms with E-state index >= 15 is 0 Å². The lowest BCUT2D eigenvalue weighted by Gasteiger charge is -2.39. The third-order valence-corrected chi connectivity index (χ3v) is 6.91. The maximum absolute atomic E-state index is 12.6. The molecular weight excluding hydrogens is 380 g/mol. The lowest BCUT2D eigenvalue weighted by molar-refractivity contribution is -0.151. The second kappa shape index (κ2) is 9.63. The molecule has 0 unspecified atom stereocenters. The molecule has 1 aliphatic heterocycles. The van der Waals surface area contributed by atoms with Crippen molar-refractivity contribution in [3.05, 3.63) is 29.3 Å². The molecule has 3 rings (SSSR count). The van der Waals surface area contributed by atoms with Crippen molar-refractivity contribution in [2.45, 2.75) is 65.8 Å². The predicted molar refractivity (Wildman–Crippen MR) is 116 cm³/mol. The molecular formula is C24H34N2O4. The zero-order chi connectivity index (χ0) is 21.8. The minimum atomic E-state index is -0.487. The molecule has 1 aromatic carbocycles. The summed E-state index contributed by atoms with van der Waals surface area (Å²) in [6.45, 7) is 8.47. The first-order valence-electron chi connectivity index (χ1n) is 11.2. The second-order valence-corrected chi connectivity index (χ2v) is 8.90. The van der Waals surface area contributed by atoms with Crippen LogP contribution in [0.15, 0.2) is 18.2 Å². The lowest BCUT2D eigenvalue weighted by atomic mass is 9.77. The van der Waals surface area contributed by atoms with Gasteiger partial charge >= 0.3 is 5.97 Å². The fourth-order valence-corrected chi connectivity index (χ4v) is 4.84. The fourth-order valence-electron chi connectivity index (χ4n) is 4.84. The van der Waals surface area contributed by atoms with E-state index in [9.17, 15) is 14.4 Å². The number of nitrogens with one attached hydrogen (secondary N) is 1. The van der Waals surface area contributed by atoms with Gasteiger partial charge in [-0.05, 0) is 42.7 Å². The molecule has 1 N–H and O–H groups in total. The number of ether oxygens (including phenoxy) is 1. The summed E-state index contributed by atoms with van der Waals surface area (Å²) in [6.07, 6.45) is 4.29. The molecule has 1 aliphatic carbocycles. The van der Waals surface area contributed by atoms with Crippen molar-refractivity contribution in [1.29, 1.82) is 0 Å². The summed E-state index contributed by atoms with van der Waals surface area (Å²) in [5, 5.41) is 2.86. The first-order valence-corrected chi connectivity index (χ1v) is 11.2. The highest BCUT2D eigenvalue weighted by Crippen LogP contribution is 2.36. The normalized spacial score (nSPS) is 26.5. The third-order valence-electron chi connectivity index (χ3n) is 6.91. The van der Waals surface area contributed by atoms with Gasteiger partial charge in [-0.25, -0.2) is 0 Å². The predicted octanol–water partition coefficient (Wildman–Crippen LogP) is 3.71. The summed E-state index contributed by atoms with van der Waals surface area (Å²) >= 11 is 0. The minimum Gasteiger partial charge on any atom is -0.455 e. The fraction of sp³-hybridized carbons (Fsp3) is 0.625. The molecule has 0 spiro atoms. The molecule has 6 heteroatoms. The summed E-state index contributed by atoms with van der Waals surface area (Å²) in [7, 11) is 0. The highest BCUT2D eigenvalue weighted by molar-refractivity contribution is 5.95. The molecule has 4 atom stereocenters. The smallest absolute Gasteiger partial charge is 0.311 e. The molecule has 1 saturated heterocycles. The van der Waals surface area contributed by atoms with Gasteiger partial charge in [0.15, 0.2) is 6.61 Å². The van der Waals surface area contributed by atoms with Gasteiger partial charge in [-0.2, -0.15) is 0 Å². The molecule has 1 heterocycles. The maximum Gasteiger partial charge on any atom is 0.311 e. The molecule has 1 saturated carbocycles. The van der Waals surface area contributed by atoms with Crippen LogP contribution in [0.5, 0.6) is 0 Å². The van der Waals surface area contributed by atoms with E-state index < -0.39 is 11.9 Å². The average Bonchev–Trinajstić information content (AvgIpc) is 3.11. The number of benzene rings is 1. The number of rotatable bonds is 6. The van der Waals surface area contributed by atoms with Crippen LogP contribution < -0.4 is 5.32 Å². The van der Waals surface area contributed by atoms with E-state index in [1.807, 2.05) is 36.9 Å². The minimum absolute atomic E-state index is 0.0276. The number of carbonyl (C=O) groups excluding carboxylic acids is 3. The molecule has 2 amide bonds. The van der Waals surface area contributed by atoms with Crippen LogP contribution in [0, 0.1) is 24.7 Å². The topological polar surface area (TPSA) is 75.7 Å². The number of hydrogen-bond acceptors (Lipinski definition) is 4. The first kappa shape index (κ1) is 22.3. The highest BCUT2D eigenvalue weighted by Gasteiger charge is 2.42. The quantitative estimate of drug-likeness (QED) is 0.720. The van der Waals surface area contributed by atoms with E-state index in [0.29, 0.717) is 18.4 Å². The average molecular weight is 415 g/mol. The van der Waals surface area contributed by atoms with Crippen LogP contribution in [0.25, 0.3) is 0 Å². The van der Waals surface area contributed by atoms with Crippen molar-refractivity contribution >= 4 is 23.5 Å². The number of carbonyl (C=O) groups is 3. The largest absolute Gasteiger partial charge is 0.455 e.